The van der Waals surface area contributed by atoms with Crippen LogP contribution in [-0.4, -0.2) is 16.2 Å². The molecular formula is C55H53F3N4O. The first-order valence-corrected chi connectivity index (χ1v) is 22.0. The van der Waals surface area contributed by atoms with E-state index in [2.05, 4.69) is 155 Å². The van der Waals surface area contributed by atoms with Gasteiger partial charge in [-0.05, 0) is 118 Å². The third kappa shape index (κ3) is 7.70. The van der Waals surface area contributed by atoms with Crippen LogP contribution in [0.2, 0.25) is 0 Å². The third-order valence-corrected chi connectivity index (χ3v) is 12.2. The number of aromatic nitrogens is 2. The second-order valence-electron chi connectivity index (χ2n) is 18.4. The molecule has 0 bridgehead atoms. The van der Waals surface area contributed by atoms with Gasteiger partial charge in [-0.2, -0.15) is 0 Å². The van der Waals surface area contributed by atoms with Gasteiger partial charge in [0.25, 0.3) is 0 Å². The molecule has 0 aliphatic carbocycles. The molecule has 0 N–H and O–H groups in total. The predicted molar refractivity (Wildman–Crippen MR) is 253 cm³/mol. The zero-order chi connectivity index (χ0) is 44.3. The summed E-state index contributed by atoms with van der Waals surface area (Å²) in [5, 5.41) is 2.27. The Bertz CT molecular complexity index is 2980. The molecule has 0 unspecified atom stereocenters. The molecule has 0 saturated heterocycles. The van der Waals surface area contributed by atoms with Gasteiger partial charge in [-0.3, -0.25) is 4.57 Å². The van der Waals surface area contributed by atoms with Crippen LogP contribution in [-0.2, 0) is 11.8 Å². The van der Waals surface area contributed by atoms with Crippen molar-refractivity contribution in [3.05, 3.63) is 167 Å². The van der Waals surface area contributed by atoms with Gasteiger partial charge in [0.2, 0.25) is 0 Å². The highest BCUT2D eigenvalue weighted by molar-refractivity contribution is 6.09. The second-order valence-corrected chi connectivity index (χ2v) is 18.4. The Morgan fingerprint density at radius 2 is 1.32 bits per heavy atom. The van der Waals surface area contributed by atoms with E-state index in [-0.39, 0.29) is 22.8 Å². The molecule has 1 aliphatic rings. The number of ether oxygens (including phenoxy) is 1. The van der Waals surface area contributed by atoms with Crippen LogP contribution in [0, 0.1) is 17.5 Å². The minimum Gasteiger partial charge on any atom is -0.457 e. The van der Waals surface area contributed by atoms with E-state index in [9.17, 15) is 4.39 Å². The first-order chi connectivity index (χ1) is 30.2. The Morgan fingerprint density at radius 3 is 1.98 bits per heavy atom. The Balaban J connectivity index is 1.13. The van der Waals surface area contributed by atoms with Crippen molar-refractivity contribution < 1.29 is 17.9 Å². The quantitative estimate of drug-likeness (QED) is 0.137. The standard InChI is InChI=1S/C55H53F3N4O/c1-9-14-35-23-39(30-41(24-35)63-40-19-20-43-42-15-10-11-16-48(42)62(51(43)31-40)52-27-37(21-22-59-52)55(6,7)8)60-32-61(50-18-13-12-17-49(50)60)54-44(33(2)3)25-36(26-45(54)34(4)5)53-46(57)28-38(56)29-47(53)58/h10-13,15-31,33-34H,9,14,32H2,1-8H3. The fraction of sp³-hybridized carbons (Fsp3) is 0.255. The zero-order valence-corrected chi connectivity index (χ0v) is 37.2. The van der Waals surface area contributed by atoms with E-state index in [1.807, 2.05) is 30.5 Å². The van der Waals surface area contributed by atoms with E-state index in [4.69, 9.17) is 9.72 Å². The number of para-hydroxylation sites is 3. The zero-order valence-electron chi connectivity index (χ0n) is 37.2. The molecule has 0 spiro atoms. The lowest BCUT2D eigenvalue weighted by Crippen LogP contribution is -2.26. The summed E-state index contributed by atoms with van der Waals surface area (Å²) in [4.78, 5) is 9.51. The molecule has 320 valence electrons. The van der Waals surface area contributed by atoms with Crippen molar-refractivity contribution in [2.75, 3.05) is 16.5 Å². The number of halogens is 3. The summed E-state index contributed by atoms with van der Waals surface area (Å²) >= 11 is 0. The van der Waals surface area contributed by atoms with E-state index in [1.165, 1.54) is 5.56 Å². The van der Waals surface area contributed by atoms with Crippen molar-refractivity contribution in [3.63, 3.8) is 0 Å². The lowest BCUT2D eigenvalue weighted by atomic mass is 9.87. The van der Waals surface area contributed by atoms with Crippen LogP contribution in [0.1, 0.15) is 95.9 Å². The van der Waals surface area contributed by atoms with Gasteiger partial charge >= 0.3 is 0 Å². The summed E-state index contributed by atoms with van der Waals surface area (Å²) < 4.78 is 53.7. The first kappa shape index (κ1) is 41.8. The van der Waals surface area contributed by atoms with Crippen LogP contribution in [0.15, 0.2) is 128 Å². The highest BCUT2D eigenvalue weighted by Gasteiger charge is 2.33. The molecule has 0 radical (unpaired) electrons. The highest BCUT2D eigenvalue weighted by Crippen LogP contribution is 2.50. The number of hydrogen-bond donors (Lipinski definition) is 0. The minimum atomic E-state index is -0.941. The molecule has 1 aliphatic heterocycles. The summed E-state index contributed by atoms with van der Waals surface area (Å²) in [6.07, 6.45) is 3.74. The summed E-state index contributed by atoms with van der Waals surface area (Å²) in [7, 11) is 0. The molecule has 8 heteroatoms. The topological polar surface area (TPSA) is 33.5 Å². The molecular weight excluding hydrogens is 790 g/mol. The Kier molecular flexibility index (Phi) is 10.8. The molecule has 5 nitrogen and oxygen atoms in total. The van der Waals surface area contributed by atoms with Crippen molar-refractivity contribution >= 4 is 44.6 Å². The summed E-state index contributed by atoms with van der Waals surface area (Å²) in [6.45, 7) is 17.7. The molecule has 0 amide bonds. The monoisotopic (exact) mass is 842 g/mol. The predicted octanol–water partition coefficient (Wildman–Crippen LogP) is 15.8. The number of benzene rings is 6. The average molecular weight is 843 g/mol. The fourth-order valence-corrected chi connectivity index (χ4v) is 9.16. The third-order valence-electron chi connectivity index (χ3n) is 12.2. The van der Waals surface area contributed by atoms with Gasteiger partial charge in [-0.1, -0.05) is 92.1 Å². The van der Waals surface area contributed by atoms with E-state index < -0.39 is 17.5 Å². The van der Waals surface area contributed by atoms with Gasteiger partial charge in [0.15, 0.2) is 0 Å². The van der Waals surface area contributed by atoms with Gasteiger partial charge in [-0.15, -0.1) is 0 Å². The Labute approximate surface area is 368 Å². The second kappa shape index (κ2) is 16.3. The number of rotatable bonds is 10. The van der Waals surface area contributed by atoms with Crippen LogP contribution >= 0.6 is 0 Å². The molecule has 63 heavy (non-hydrogen) atoms. The maximum Gasteiger partial charge on any atom is 0.137 e. The van der Waals surface area contributed by atoms with E-state index in [0.29, 0.717) is 12.2 Å². The summed E-state index contributed by atoms with van der Waals surface area (Å²) in [6, 6.07) is 39.2. The molecule has 9 rings (SSSR count). The molecule has 2 aromatic heterocycles. The lowest BCUT2D eigenvalue weighted by Gasteiger charge is -2.30. The normalized spacial score (nSPS) is 13.0. The fourth-order valence-electron chi connectivity index (χ4n) is 9.16. The molecule has 8 aromatic rings. The summed E-state index contributed by atoms with van der Waals surface area (Å²) in [5.74, 6) is -0.445. The average Bonchev–Trinajstić information content (AvgIpc) is 3.79. The first-order valence-electron chi connectivity index (χ1n) is 22.0. The number of pyridine rings is 1. The van der Waals surface area contributed by atoms with Crippen LogP contribution in [0.4, 0.5) is 35.9 Å². The molecule has 3 heterocycles. The van der Waals surface area contributed by atoms with Crippen molar-refractivity contribution in [3.8, 4) is 28.4 Å². The number of anilines is 4. The van der Waals surface area contributed by atoms with Crippen molar-refractivity contribution in [1.82, 2.24) is 9.55 Å². The number of hydrogen-bond acceptors (Lipinski definition) is 4. The number of aryl methyl sites for hydroxylation is 1. The number of fused-ring (bicyclic) bond motifs is 4. The molecule has 6 aromatic carbocycles. The number of nitrogens with zero attached hydrogens (tertiary/aromatic N) is 4. The largest absolute Gasteiger partial charge is 0.457 e. The van der Waals surface area contributed by atoms with Gasteiger partial charge in [0, 0.05) is 52.6 Å². The van der Waals surface area contributed by atoms with Gasteiger partial charge in [0.05, 0.1) is 28.0 Å². The molecule has 0 saturated carbocycles. The van der Waals surface area contributed by atoms with Crippen molar-refractivity contribution in [2.45, 2.75) is 85.5 Å². The van der Waals surface area contributed by atoms with Gasteiger partial charge in [0.1, 0.15) is 41.4 Å². The molecule has 0 atom stereocenters. The van der Waals surface area contributed by atoms with Gasteiger partial charge in [-0.25, -0.2) is 18.2 Å². The van der Waals surface area contributed by atoms with Crippen molar-refractivity contribution in [1.29, 1.82) is 0 Å². The maximum atomic E-state index is 15.3. The Morgan fingerprint density at radius 1 is 0.667 bits per heavy atom. The SMILES string of the molecule is CCCc1cc(Oc2ccc3c4ccccc4n(-c4cc(C(C)(C)C)ccn4)c3c2)cc(N2CN(c3c(C(C)C)cc(-c4c(F)cc(F)cc4F)cc3C(C)C)c3ccccc32)c1. The smallest absolute Gasteiger partial charge is 0.137 e. The van der Waals surface area contributed by atoms with Crippen LogP contribution < -0.4 is 14.5 Å². The maximum absolute atomic E-state index is 15.3. The van der Waals surface area contributed by atoms with E-state index in [1.54, 1.807) is 0 Å². The van der Waals surface area contributed by atoms with E-state index >= 15 is 8.78 Å². The molecule has 0 fully saturated rings. The van der Waals surface area contributed by atoms with Crippen LogP contribution in [0.3, 0.4) is 0 Å². The van der Waals surface area contributed by atoms with Crippen molar-refractivity contribution in [2.24, 2.45) is 0 Å². The Hall–Kier alpha value is -6.54. The van der Waals surface area contributed by atoms with Gasteiger partial charge < -0.3 is 14.5 Å². The van der Waals surface area contributed by atoms with Crippen LogP contribution in [0.25, 0.3) is 38.8 Å². The van der Waals surface area contributed by atoms with Crippen LogP contribution in [0.5, 0.6) is 11.5 Å². The summed E-state index contributed by atoms with van der Waals surface area (Å²) in [5.41, 5.74) is 10.6. The van der Waals surface area contributed by atoms with E-state index in [0.717, 1.165) is 104 Å². The highest BCUT2D eigenvalue weighted by atomic mass is 19.1. The minimum absolute atomic E-state index is 0.00682. The lowest BCUT2D eigenvalue weighted by molar-refractivity contribution is 0.482.